The highest BCUT2D eigenvalue weighted by Crippen LogP contribution is 2.26. The molecule has 0 unspecified atom stereocenters. The normalized spacial score (nSPS) is 17.2. The molecule has 9 heteroatoms. The molecule has 1 aliphatic rings. The van der Waals surface area contributed by atoms with Crippen molar-refractivity contribution in [1.29, 1.82) is 0 Å². The molecule has 1 aromatic carbocycles. The first-order valence-electron chi connectivity index (χ1n) is 7.20. The van der Waals surface area contributed by atoms with Crippen LogP contribution in [0, 0.1) is 17.6 Å². The predicted octanol–water partition coefficient (Wildman–Crippen LogP) is 0.474. The number of nitrogens with one attached hydrogen (secondary N) is 1. The summed E-state index contributed by atoms with van der Waals surface area (Å²) in [6.07, 6.45) is 0.570. The molecule has 0 aliphatic carbocycles. The lowest BCUT2D eigenvalue weighted by molar-refractivity contribution is -0.126. The number of aliphatic hydroxyl groups excluding tert-OH is 1. The lowest BCUT2D eigenvalue weighted by atomic mass is 9.97. The van der Waals surface area contributed by atoms with Gasteiger partial charge in [-0.25, -0.2) is 17.2 Å². The molecular weight excluding hydrogens is 330 g/mol. The van der Waals surface area contributed by atoms with Crippen molar-refractivity contribution >= 4 is 15.9 Å². The summed E-state index contributed by atoms with van der Waals surface area (Å²) in [6.45, 7) is 0.0780. The molecule has 2 N–H and O–H groups in total. The summed E-state index contributed by atoms with van der Waals surface area (Å²) in [5, 5.41) is 11.2. The summed E-state index contributed by atoms with van der Waals surface area (Å²) in [6, 6.07) is 2.29. The summed E-state index contributed by atoms with van der Waals surface area (Å²) in [4.78, 5) is 11.1. The van der Waals surface area contributed by atoms with Crippen LogP contribution >= 0.6 is 0 Å². The number of rotatable bonds is 5. The van der Waals surface area contributed by atoms with E-state index >= 15 is 0 Å². The Labute approximate surface area is 133 Å². The Morgan fingerprint density at radius 1 is 1.30 bits per heavy atom. The van der Waals surface area contributed by atoms with E-state index in [0.29, 0.717) is 6.07 Å². The third-order valence-electron chi connectivity index (χ3n) is 3.75. The molecule has 0 spiro atoms. The molecule has 1 saturated heterocycles. The van der Waals surface area contributed by atoms with Gasteiger partial charge in [-0.05, 0) is 31.0 Å². The van der Waals surface area contributed by atoms with Gasteiger partial charge in [0, 0.05) is 25.6 Å². The minimum absolute atomic E-state index is 0.0511. The van der Waals surface area contributed by atoms with E-state index in [1.165, 1.54) is 0 Å². The van der Waals surface area contributed by atoms with E-state index in [-0.39, 0.29) is 50.9 Å². The van der Waals surface area contributed by atoms with E-state index in [4.69, 9.17) is 5.11 Å². The third kappa shape index (κ3) is 4.04. The Morgan fingerprint density at radius 3 is 2.57 bits per heavy atom. The van der Waals surface area contributed by atoms with Crippen LogP contribution in [0.15, 0.2) is 23.1 Å². The fourth-order valence-electron chi connectivity index (χ4n) is 2.50. The molecule has 1 fully saturated rings. The Hall–Kier alpha value is -1.58. The van der Waals surface area contributed by atoms with Gasteiger partial charge >= 0.3 is 0 Å². The fourth-order valence-corrected chi connectivity index (χ4v) is 4.04. The van der Waals surface area contributed by atoms with Crippen LogP contribution in [0.3, 0.4) is 0 Å². The summed E-state index contributed by atoms with van der Waals surface area (Å²) in [7, 11) is -4.13. The van der Waals surface area contributed by atoms with Crippen LogP contribution in [0.1, 0.15) is 12.8 Å². The van der Waals surface area contributed by atoms with E-state index in [2.05, 4.69) is 5.32 Å². The van der Waals surface area contributed by atoms with Crippen LogP contribution in [0.4, 0.5) is 8.78 Å². The number of sulfonamides is 1. The Morgan fingerprint density at radius 2 is 1.96 bits per heavy atom. The summed E-state index contributed by atoms with van der Waals surface area (Å²) >= 11 is 0. The second kappa shape index (κ2) is 7.33. The Balaban J connectivity index is 2.07. The van der Waals surface area contributed by atoms with Gasteiger partial charge in [0.25, 0.3) is 0 Å². The number of piperidine rings is 1. The van der Waals surface area contributed by atoms with E-state index in [1.807, 2.05) is 0 Å². The van der Waals surface area contributed by atoms with Crippen molar-refractivity contribution < 1.29 is 27.1 Å². The molecule has 0 aromatic heterocycles. The van der Waals surface area contributed by atoms with Gasteiger partial charge in [-0.15, -0.1) is 0 Å². The number of aliphatic hydroxyl groups is 1. The van der Waals surface area contributed by atoms with Crippen molar-refractivity contribution in [3.8, 4) is 0 Å². The highest BCUT2D eigenvalue weighted by molar-refractivity contribution is 7.89. The fraction of sp³-hybridized carbons (Fsp3) is 0.500. The topological polar surface area (TPSA) is 86.7 Å². The molecule has 128 valence electrons. The number of hydrogen-bond donors (Lipinski definition) is 2. The first-order chi connectivity index (χ1) is 10.9. The van der Waals surface area contributed by atoms with Crippen molar-refractivity contribution in [2.45, 2.75) is 17.7 Å². The van der Waals surface area contributed by atoms with Crippen LogP contribution in [0.25, 0.3) is 0 Å². The van der Waals surface area contributed by atoms with Crippen molar-refractivity contribution in [2.75, 3.05) is 26.2 Å². The van der Waals surface area contributed by atoms with E-state index in [9.17, 15) is 22.0 Å². The van der Waals surface area contributed by atoms with E-state index in [1.54, 1.807) is 0 Å². The maximum atomic E-state index is 13.7. The van der Waals surface area contributed by atoms with Crippen molar-refractivity contribution in [1.82, 2.24) is 9.62 Å². The zero-order chi connectivity index (χ0) is 17.0. The standard InChI is InChI=1S/C14H18F2N2O4S/c15-11-1-2-12(16)13(9-11)23(21,22)18-6-3-10(4-7-18)14(20)17-5-8-19/h1-2,9-10,19H,3-8H2,(H,17,20). The van der Waals surface area contributed by atoms with Crippen LogP contribution < -0.4 is 5.32 Å². The molecule has 2 rings (SSSR count). The lowest BCUT2D eigenvalue weighted by Crippen LogP contribution is -2.43. The van der Waals surface area contributed by atoms with Crippen LogP contribution in [-0.2, 0) is 14.8 Å². The van der Waals surface area contributed by atoms with Crippen LogP contribution in [0.2, 0.25) is 0 Å². The molecule has 1 aromatic rings. The SMILES string of the molecule is O=C(NCCO)C1CCN(S(=O)(=O)c2cc(F)ccc2F)CC1. The molecule has 23 heavy (non-hydrogen) atoms. The number of benzene rings is 1. The zero-order valence-electron chi connectivity index (χ0n) is 12.3. The Kier molecular flexibility index (Phi) is 5.66. The van der Waals surface area contributed by atoms with Gasteiger partial charge in [0.2, 0.25) is 15.9 Å². The molecular formula is C14H18F2N2O4S. The maximum Gasteiger partial charge on any atom is 0.246 e. The summed E-state index contributed by atoms with van der Waals surface area (Å²) in [5.41, 5.74) is 0. The van der Waals surface area contributed by atoms with Gasteiger partial charge in [0.05, 0.1) is 6.61 Å². The van der Waals surface area contributed by atoms with E-state index in [0.717, 1.165) is 16.4 Å². The largest absolute Gasteiger partial charge is 0.395 e. The first kappa shape index (κ1) is 17.8. The highest BCUT2D eigenvalue weighted by Gasteiger charge is 2.33. The second-order valence-corrected chi connectivity index (χ2v) is 7.17. The Bertz CT molecular complexity index is 673. The summed E-state index contributed by atoms with van der Waals surface area (Å²) in [5.74, 6) is -2.43. The van der Waals surface area contributed by atoms with Crippen LogP contribution in [-0.4, -0.2) is 50.0 Å². The average Bonchev–Trinajstić information content (AvgIpc) is 2.54. The number of amides is 1. The van der Waals surface area contributed by atoms with Gasteiger partial charge in [-0.1, -0.05) is 0 Å². The predicted molar refractivity (Wildman–Crippen MR) is 77.9 cm³/mol. The minimum Gasteiger partial charge on any atom is -0.395 e. The summed E-state index contributed by atoms with van der Waals surface area (Å²) < 4.78 is 52.8. The zero-order valence-corrected chi connectivity index (χ0v) is 13.2. The minimum atomic E-state index is -4.13. The van der Waals surface area contributed by atoms with E-state index < -0.39 is 26.6 Å². The van der Waals surface area contributed by atoms with Crippen LogP contribution in [0.5, 0.6) is 0 Å². The highest BCUT2D eigenvalue weighted by atomic mass is 32.2. The second-order valence-electron chi connectivity index (χ2n) is 5.27. The first-order valence-corrected chi connectivity index (χ1v) is 8.64. The maximum absolute atomic E-state index is 13.7. The number of nitrogens with zero attached hydrogens (tertiary/aromatic N) is 1. The number of carbonyl (C=O) groups excluding carboxylic acids is 1. The molecule has 1 heterocycles. The smallest absolute Gasteiger partial charge is 0.246 e. The average molecular weight is 348 g/mol. The quantitative estimate of drug-likeness (QED) is 0.810. The van der Waals surface area contributed by atoms with Gasteiger partial charge in [-0.2, -0.15) is 4.31 Å². The lowest BCUT2D eigenvalue weighted by Gasteiger charge is -2.30. The third-order valence-corrected chi connectivity index (χ3v) is 5.66. The molecule has 1 aliphatic heterocycles. The molecule has 0 bridgehead atoms. The van der Waals surface area contributed by atoms with Gasteiger partial charge in [0.15, 0.2) is 0 Å². The van der Waals surface area contributed by atoms with Gasteiger partial charge in [0.1, 0.15) is 16.5 Å². The molecule has 0 radical (unpaired) electrons. The molecule has 6 nitrogen and oxygen atoms in total. The number of carbonyl (C=O) groups is 1. The van der Waals surface area contributed by atoms with Crippen molar-refractivity contribution in [3.05, 3.63) is 29.8 Å². The van der Waals surface area contributed by atoms with Crippen molar-refractivity contribution in [2.24, 2.45) is 5.92 Å². The number of hydrogen-bond acceptors (Lipinski definition) is 4. The molecule has 1 amide bonds. The van der Waals surface area contributed by atoms with Gasteiger partial charge < -0.3 is 10.4 Å². The van der Waals surface area contributed by atoms with Gasteiger partial charge in [-0.3, -0.25) is 4.79 Å². The van der Waals surface area contributed by atoms with Crippen molar-refractivity contribution in [3.63, 3.8) is 0 Å². The monoisotopic (exact) mass is 348 g/mol. The number of halogens is 2. The molecule has 0 saturated carbocycles. The molecule has 0 atom stereocenters.